The van der Waals surface area contributed by atoms with Gasteiger partial charge in [-0.15, -0.1) is 0 Å². The lowest BCUT2D eigenvalue weighted by atomic mass is 10.1. The first-order chi connectivity index (χ1) is 7.67. The molecule has 0 aromatic carbocycles. The van der Waals surface area contributed by atoms with Crippen LogP contribution in [0.1, 0.15) is 27.6 Å². The quantitative estimate of drug-likeness (QED) is 0.410. The normalized spacial score (nSPS) is 34.1. The SMILES string of the molecule is [3H]C1CC(OP(C)OCCCBr)[C@@H](CC)O1. The summed E-state index contributed by atoms with van der Waals surface area (Å²) in [4.78, 5) is 0. The summed E-state index contributed by atoms with van der Waals surface area (Å²) in [6.07, 6.45) is 2.65. The summed E-state index contributed by atoms with van der Waals surface area (Å²) in [5.74, 6) is 0. The first kappa shape index (κ1) is 12.3. The van der Waals surface area contributed by atoms with Crippen molar-refractivity contribution in [2.24, 2.45) is 0 Å². The lowest BCUT2D eigenvalue weighted by Crippen LogP contribution is -2.22. The number of halogens is 1. The lowest BCUT2D eigenvalue weighted by molar-refractivity contribution is 0.0499. The Morgan fingerprint density at radius 3 is 3.13 bits per heavy atom. The first-order valence-corrected chi connectivity index (χ1v) is 8.09. The van der Waals surface area contributed by atoms with Gasteiger partial charge in [-0.25, -0.2) is 0 Å². The van der Waals surface area contributed by atoms with E-state index in [0.29, 0.717) is 6.42 Å². The van der Waals surface area contributed by atoms with E-state index in [4.69, 9.17) is 15.2 Å². The van der Waals surface area contributed by atoms with Crippen molar-refractivity contribution in [1.29, 1.82) is 0 Å². The molecule has 3 unspecified atom stereocenters. The Kier molecular flexibility index (Phi) is 6.51. The smallest absolute Gasteiger partial charge is 0.167 e. The Hall–Kier alpha value is 0.790. The average molecular weight is 301 g/mol. The molecule has 0 N–H and O–H groups in total. The van der Waals surface area contributed by atoms with Crippen LogP contribution in [-0.4, -0.2) is 37.4 Å². The minimum atomic E-state index is -0.839. The fourth-order valence-electron chi connectivity index (χ4n) is 1.45. The van der Waals surface area contributed by atoms with Gasteiger partial charge in [0.2, 0.25) is 0 Å². The molecule has 1 heterocycles. The van der Waals surface area contributed by atoms with Gasteiger partial charge >= 0.3 is 0 Å². The Morgan fingerprint density at radius 1 is 1.67 bits per heavy atom. The Labute approximate surface area is 103 Å². The first-order valence-electron chi connectivity index (χ1n) is 5.92. The van der Waals surface area contributed by atoms with Crippen molar-refractivity contribution in [3.8, 4) is 0 Å². The molecule has 90 valence electrons. The third-order valence-corrected chi connectivity index (χ3v) is 3.93. The second-order valence-corrected chi connectivity index (χ2v) is 5.59. The molecule has 0 saturated carbocycles. The molecule has 0 aromatic heterocycles. The molecule has 0 radical (unpaired) electrons. The van der Waals surface area contributed by atoms with Gasteiger partial charge in [-0.2, -0.15) is 0 Å². The fourth-order valence-corrected chi connectivity index (χ4v) is 2.73. The van der Waals surface area contributed by atoms with E-state index in [9.17, 15) is 0 Å². The van der Waals surface area contributed by atoms with E-state index in [1.54, 1.807) is 0 Å². The predicted octanol–water partition coefficient (Wildman–Crippen LogP) is 3.31. The largest absolute Gasteiger partial charge is 0.375 e. The summed E-state index contributed by atoms with van der Waals surface area (Å²) in [5.41, 5.74) is 0. The maximum atomic E-state index is 7.57. The number of alkyl halides is 1. The fraction of sp³-hybridized carbons (Fsp3) is 1.00. The van der Waals surface area contributed by atoms with E-state index in [2.05, 4.69) is 22.9 Å². The second kappa shape index (κ2) is 7.97. The molecule has 4 atom stereocenters. The highest BCUT2D eigenvalue weighted by Crippen LogP contribution is 2.39. The van der Waals surface area contributed by atoms with E-state index >= 15 is 0 Å². The zero-order valence-electron chi connectivity index (χ0n) is 10.3. The van der Waals surface area contributed by atoms with Gasteiger partial charge in [0.05, 0.1) is 20.2 Å². The van der Waals surface area contributed by atoms with Crippen molar-refractivity contribution in [2.75, 3.05) is 25.2 Å². The van der Waals surface area contributed by atoms with Crippen LogP contribution in [0.15, 0.2) is 0 Å². The van der Waals surface area contributed by atoms with Crippen LogP contribution >= 0.6 is 24.3 Å². The Bertz CT molecular complexity index is 199. The van der Waals surface area contributed by atoms with Gasteiger partial charge in [0, 0.05) is 18.6 Å². The molecular weight excluding hydrogens is 279 g/mol. The molecule has 0 bridgehead atoms. The summed E-state index contributed by atoms with van der Waals surface area (Å²) in [6, 6.07) is 0. The molecule has 0 spiro atoms. The zero-order valence-corrected chi connectivity index (χ0v) is 11.8. The van der Waals surface area contributed by atoms with Gasteiger partial charge < -0.3 is 13.8 Å². The predicted molar refractivity (Wildman–Crippen MR) is 66.7 cm³/mol. The lowest BCUT2D eigenvalue weighted by Gasteiger charge is -2.21. The molecule has 1 rings (SSSR count). The Balaban J connectivity index is 2.24. The summed E-state index contributed by atoms with van der Waals surface area (Å²) >= 11 is 3.36. The molecule has 5 heteroatoms. The van der Waals surface area contributed by atoms with Crippen LogP contribution < -0.4 is 0 Å². The van der Waals surface area contributed by atoms with Gasteiger partial charge in [0.1, 0.15) is 0 Å². The average Bonchev–Trinajstić information content (AvgIpc) is 2.59. The molecule has 15 heavy (non-hydrogen) atoms. The van der Waals surface area contributed by atoms with E-state index in [1.165, 1.54) is 0 Å². The standard InChI is InChI=1S/C10H20BrO3P/c1-3-9-10(5-8-12-9)14-15(2)13-7-4-6-11/h9-10H,3-8H2,1-2H3/t9-,10?,15?/m1/s1/i8T/t8?,9-,10?,15?. The van der Waals surface area contributed by atoms with E-state index in [-0.39, 0.29) is 12.2 Å². The number of ether oxygens (including phenoxy) is 1. The van der Waals surface area contributed by atoms with Crippen LogP contribution in [0.5, 0.6) is 0 Å². The van der Waals surface area contributed by atoms with E-state index in [1.807, 2.05) is 6.66 Å². The molecule has 0 amide bonds. The van der Waals surface area contributed by atoms with E-state index in [0.717, 1.165) is 24.8 Å². The third kappa shape index (κ3) is 5.10. The number of hydrogen-bond donors (Lipinski definition) is 0. The van der Waals surface area contributed by atoms with Gasteiger partial charge in [-0.05, 0) is 19.3 Å². The second-order valence-electron chi connectivity index (χ2n) is 3.44. The minimum Gasteiger partial charge on any atom is -0.375 e. The number of hydrogen-bond acceptors (Lipinski definition) is 3. The van der Waals surface area contributed by atoms with Crippen LogP contribution in [0.25, 0.3) is 0 Å². The summed E-state index contributed by atoms with van der Waals surface area (Å²) in [5, 5.41) is 0.953. The number of rotatable bonds is 7. The molecular formula is C10H20BrO3P. The maximum absolute atomic E-state index is 7.57. The van der Waals surface area contributed by atoms with Crippen molar-refractivity contribution >= 4 is 24.3 Å². The van der Waals surface area contributed by atoms with Crippen molar-refractivity contribution in [1.82, 2.24) is 0 Å². The maximum Gasteiger partial charge on any atom is 0.167 e. The summed E-state index contributed by atoms with van der Waals surface area (Å²) < 4.78 is 24.4. The van der Waals surface area contributed by atoms with E-state index < -0.39 is 15.0 Å². The van der Waals surface area contributed by atoms with Gasteiger partial charge in [0.15, 0.2) is 8.38 Å². The van der Waals surface area contributed by atoms with Crippen LogP contribution in [0, 0.1) is 0 Å². The monoisotopic (exact) mass is 300 g/mol. The molecule has 1 fully saturated rings. The molecule has 0 aromatic rings. The van der Waals surface area contributed by atoms with Crippen LogP contribution in [0.3, 0.4) is 0 Å². The summed E-state index contributed by atoms with van der Waals surface area (Å²) in [6.45, 7) is 4.32. The molecule has 1 saturated heterocycles. The highest BCUT2D eigenvalue weighted by molar-refractivity contribution is 9.09. The van der Waals surface area contributed by atoms with Crippen LogP contribution in [-0.2, 0) is 13.8 Å². The summed E-state index contributed by atoms with van der Waals surface area (Å²) in [7, 11) is -0.839. The zero-order chi connectivity index (χ0) is 12.0. The van der Waals surface area contributed by atoms with Gasteiger partial charge in [-0.3, -0.25) is 0 Å². The molecule has 1 aliphatic heterocycles. The molecule has 1 aliphatic rings. The van der Waals surface area contributed by atoms with Gasteiger partial charge in [-0.1, -0.05) is 22.9 Å². The molecule has 0 aliphatic carbocycles. The topological polar surface area (TPSA) is 27.7 Å². The highest BCUT2D eigenvalue weighted by atomic mass is 79.9. The van der Waals surface area contributed by atoms with Crippen molar-refractivity contribution in [3.05, 3.63) is 0 Å². The van der Waals surface area contributed by atoms with Crippen molar-refractivity contribution < 1.29 is 15.2 Å². The van der Waals surface area contributed by atoms with Crippen molar-refractivity contribution in [3.63, 3.8) is 0 Å². The Morgan fingerprint density at radius 2 is 2.47 bits per heavy atom. The highest BCUT2D eigenvalue weighted by Gasteiger charge is 2.29. The van der Waals surface area contributed by atoms with Crippen LogP contribution in [0.4, 0.5) is 0 Å². The van der Waals surface area contributed by atoms with Gasteiger partial charge in [0.25, 0.3) is 0 Å². The minimum absolute atomic E-state index is 0.0348. The van der Waals surface area contributed by atoms with Crippen molar-refractivity contribution in [2.45, 2.75) is 38.4 Å². The van der Waals surface area contributed by atoms with Crippen LogP contribution in [0.2, 0.25) is 0 Å². The molecule has 3 nitrogen and oxygen atoms in total. The third-order valence-electron chi connectivity index (χ3n) is 2.25.